The fourth-order valence-corrected chi connectivity index (χ4v) is 2.89. The first kappa shape index (κ1) is 9.22. The summed E-state index contributed by atoms with van der Waals surface area (Å²) in [6.45, 7) is 3.91. The molecule has 1 N–H and O–H groups in total. The van der Waals surface area contributed by atoms with Crippen molar-refractivity contribution in [3.63, 3.8) is 0 Å². The third kappa shape index (κ3) is 1.86. The van der Waals surface area contributed by atoms with E-state index in [1.54, 1.807) is 0 Å². The highest BCUT2D eigenvalue weighted by Crippen LogP contribution is 2.29. The number of benzene rings is 1. The van der Waals surface area contributed by atoms with E-state index in [4.69, 9.17) is 0 Å². The topological polar surface area (TPSA) is 15.3 Å². The molecule has 2 fully saturated rings. The van der Waals surface area contributed by atoms with Crippen molar-refractivity contribution in [2.24, 2.45) is 5.92 Å². The van der Waals surface area contributed by atoms with Gasteiger partial charge in [0.2, 0.25) is 0 Å². The maximum Gasteiger partial charge on any atom is 0.0342 e. The van der Waals surface area contributed by atoms with E-state index in [-0.39, 0.29) is 0 Å². The predicted octanol–water partition coefficient (Wildman–Crippen LogP) is 2.19. The van der Waals surface area contributed by atoms with E-state index >= 15 is 0 Å². The van der Waals surface area contributed by atoms with Gasteiger partial charge in [0.25, 0.3) is 0 Å². The molecule has 2 bridgehead atoms. The highest BCUT2D eigenvalue weighted by atomic mass is 15.2. The Labute approximate surface area is 91.3 Å². The van der Waals surface area contributed by atoms with Gasteiger partial charge in [-0.25, -0.2) is 0 Å². The minimum Gasteiger partial charge on any atom is -0.382 e. The Hall–Kier alpha value is -1.02. The largest absolute Gasteiger partial charge is 0.382 e. The van der Waals surface area contributed by atoms with Crippen molar-refractivity contribution in [2.75, 3.05) is 25.0 Å². The van der Waals surface area contributed by atoms with E-state index in [2.05, 4.69) is 40.5 Å². The average molecular weight is 202 g/mol. The summed E-state index contributed by atoms with van der Waals surface area (Å²) in [5, 5.41) is 3.68. The van der Waals surface area contributed by atoms with Crippen LogP contribution in [0.1, 0.15) is 12.8 Å². The van der Waals surface area contributed by atoms with Gasteiger partial charge in [0.15, 0.2) is 0 Å². The van der Waals surface area contributed by atoms with Crippen molar-refractivity contribution < 1.29 is 0 Å². The molecule has 0 aromatic heterocycles. The molecule has 2 heterocycles. The molecule has 3 unspecified atom stereocenters. The van der Waals surface area contributed by atoms with Crippen LogP contribution in [-0.2, 0) is 0 Å². The maximum absolute atomic E-state index is 3.68. The van der Waals surface area contributed by atoms with Crippen LogP contribution in [0.25, 0.3) is 0 Å². The number of para-hydroxylation sites is 1. The fraction of sp³-hybridized carbons (Fsp3) is 0.538. The Morgan fingerprint density at radius 2 is 1.87 bits per heavy atom. The molecule has 80 valence electrons. The average Bonchev–Trinajstić information content (AvgIpc) is 2.67. The zero-order chi connectivity index (χ0) is 10.1. The summed E-state index contributed by atoms with van der Waals surface area (Å²) in [6, 6.07) is 11.3. The van der Waals surface area contributed by atoms with Gasteiger partial charge in [-0.05, 0) is 37.4 Å². The van der Waals surface area contributed by atoms with Gasteiger partial charge in [0.05, 0.1) is 0 Å². The Morgan fingerprint density at radius 1 is 1.07 bits per heavy atom. The Morgan fingerprint density at radius 3 is 2.73 bits per heavy atom. The first-order chi connectivity index (χ1) is 7.42. The SMILES string of the molecule is c1ccc(NC2CCN3CCC2C3)cc1. The minimum atomic E-state index is 0.700. The molecular formula is C13H18N2. The molecule has 2 aliphatic heterocycles. The lowest BCUT2D eigenvalue weighted by Gasteiger charge is -2.31. The molecule has 2 saturated heterocycles. The second-order valence-corrected chi connectivity index (χ2v) is 4.75. The summed E-state index contributed by atoms with van der Waals surface area (Å²) < 4.78 is 0. The number of hydrogen-bond acceptors (Lipinski definition) is 2. The molecule has 2 heteroatoms. The molecule has 3 atom stereocenters. The summed E-state index contributed by atoms with van der Waals surface area (Å²) in [4.78, 5) is 2.59. The molecule has 0 radical (unpaired) electrons. The normalized spacial score (nSPS) is 34.0. The lowest BCUT2D eigenvalue weighted by Crippen LogP contribution is -2.39. The van der Waals surface area contributed by atoms with Crippen molar-refractivity contribution in [3.05, 3.63) is 30.3 Å². The lowest BCUT2D eigenvalue weighted by molar-refractivity contribution is 0.255. The molecule has 15 heavy (non-hydrogen) atoms. The zero-order valence-electron chi connectivity index (χ0n) is 9.02. The van der Waals surface area contributed by atoms with E-state index in [1.165, 1.54) is 38.2 Å². The molecule has 1 aromatic rings. The molecule has 3 rings (SSSR count). The summed E-state index contributed by atoms with van der Waals surface area (Å²) >= 11 is 0. The maximum atomic E-state index is 3.68. The van der Waals surface area contributed by atoms with Crippen LogP contribution in [0.3, 0.4) is 0 Å². The molecular weight excluding hydrogens is 184 g/mol. The van der Waals surface area contributed by atoms with Crippen LogP contribution in [0.5, 0.6) is 0 Å². The van der Waals surface area contributed by atoms with Crippen molar-refractivity contribution in [1.82, 2.24) is 4.90 Å². The second-order valence-electron chi connectivity index (χ2n) is 4.75. The highest BCUT2D eigenvalue weighted by Gasteiger charge is 2.33. The van der Waals surface area contributed by atoms with Crippen molar-refractivity contribution in [3.8, 4) is 0 Å². The Bertz CT molecular complexity index is 323. The molecule has 0 spiro atoms. The van der Waals surface area contributed by atoms with E-state index in [1.807, 2.05) is 0 Å². The highest BCUT2D eigenvalue weighted by molar-refractivity contribution is 5.43. The number of hydrogen-bond donors (Lipinski definition) is 1. The molecule has 1 aromatic carbocycles. The number of piperidine rings is 1. The van der Waals surface area contributed by atoms with E-state index < -0.39 is 0 Å². The quantitative estimate of drug-likeness (QED) is 0.791. The third-order valence-electron chi connectivity index (χ3n) is 3.76. The van der Waals surface area contributed by atoms with Gasteiger partial charge in [0.1, 0.15) is 0 Å². The number of anilines is 1. The third-order valence-corrected chi connectivity index (χ3v) is 3.76. The fourth-order valence-electron chi connectivity index (χ4n) is 2.89. The van der Waals surface area contributed by atoms with Crippen molar-refractivity contribution in [1.29, 1.82) is 0 Å². The van der Waals surface area contributed by atoms with E-state index in [0.717, 1.165) is 5.92 Å². The van der Waals surface area contributed by atoms with Gasteiger partial charge >= 0.3 is 0 Å². The van der Waals surface area contributed by atoms with E-state index in [0.29, 0.717) is 6.04 Å². The molecule has 0 aliphatic carbocycles. The van der Waals surface area contributed by atoms with Crippen LogP contribution >= 0.6 is 0 Å². The summed E-state index contributed by atoms with van der Waals surface area (Å²) in [5.74, 6) is 0.874. The summed E-state index contributed by atoms with van der Waals surface area (Å²) in [6.07, 6.45) is 2.68. The van der Waals surface area contributed by atoms with E-state index in [9.17, 15) is 0 Å². The van der Waals surface area contributed by atoms with Crippen LogP contribution in [0.15, 0.2) is 30.3 Å². The van der Waals surface area contributed by atoms with Crippen LogP contribution in [0.4, 0.5) is 5.69 Å². The Balaban J connectivity index is 1.68. The number of nitrogens with zero attached hydrogens (tertiary/aromatic N) is 1. The van der Waals surface area contributed by atoms with Gasteiger partial charge < -0.3 is 10.2 Å². The number of nitrogens with one attached hydrogen (secondary N) is 1. The van der Waals surface area contributed by atoms with Gasteiger partial charge in [-0.1, -0.05) is 18.2 Å². The molecule has 2 nitrogen and oxygen atoms in total. The summed E-state index contributed by atoms with van der Waals surface area (Å²) in [5.41, 5.74) is 1.28. The standard InChI is InChI=1S/C13H18N2/c1-2-4-12(5-3-1)14-13-7-9-15-8-6-11(13)10-15/h1-5,11,13-14H,6-10H2. The first-order valence-corrected chi connectivity index (χ1v) is 5.96. The molecule has 0 amide bonds. The van der Waals surface area contributed by atoms with Gasteiger partial charge in [0, 0.05) is 24.8 Å². The molecule has 2 aliphatic rings. The van der Waals surface area contributed by atoms with Gasteiger partial charge in [-0.15, -0.1) is 0 Å². The summed E-state index contributed by atoms with van der Waals surface area (Å²) in [7, 11) is 0. The number of fused-ring (bicyclic) bond motifs is 2. The van der Waals surface area contributed by atoms with Crippen molar-refractivity contribution >= 4 is 5.69 Å². The van der Waals surface area contributed by atoms with Crippen LogP contribution in [0, 0.1) is 5.92 Å². The Kier molecular flexibility index (Phi) is 2.37. The van der Waals surface area contributed by atoms with Crippen LogP contribution in [0.2, 0.25) is 0 Å². The lowest BCUT2D eigenvalue weighted by atomic mass is 9.94. The monoisotopic (exact) mass is 202 g/mol. The minimum absolute atomic E-state index is 0.700. The zero-order valence-corrected chi connectivity index (χ0v) is 9.02. The van der Waals surface area contributed by atoms with Crippen molar-refractivity contribution in [2.45, 2.75) is 18.9 Å². The van der Waals surface area contributed by atoms with Gasteiger partial charge in [-0.3, -0.25) is 0 Å². The van der Waals surface area contributed by atoms with Crippen LogP contribution < -0.4 is 5.32 Å². The number of rotatable bonds is 2. The van der Waals surface area contributed by atoms with Crippen LogP contribution in [-0.4, -0.2) is 30.6 Å². The first-order valence-electron chi connectivity index (χ1n) is 5.96. The molecule has 0 saturated carbocycles. The predicted molar refractivity (Wildman–Crippen MR) is 63.0 cm³/mol. The second kappa shape index (κ2) is 3.86. The smallest absolute Gasteiger partial charge is 0.0342 e. The van der Waals surface area contributed by atoms with Gasteiger partial charge in [-0.2, -0.15) is 0 Å².